The van der Waals surface area contributed by atoms with Gasteiger partial charge in [0.05, 0.1) is 0 Å². The number of benzene rings is 1. The third-order valence-electron chi connectivity index (χ3n) is 4.89. The molecule has 2 amide bonds. The average Bonchev–Trinajstić information content (AvgIpc) is 2.77. The number of amides is 2. The molecule has 3 rings (SSSR count). The van der Waals surface area contributed by atoms with Gasteiger partial charge in [-0.1, -0.05) is 12.1 Å². The summed E-state index contributed by atoms with van der Waals surface area (Å²) >= 11 is 1.69. The van der Waals surface area contributed by atoms with Gasteiger partial charge in [0.1, 0.15) is 11.9 Å². The molecule has 0 saturated carbocycles. The summed E-state index contributed by atoms with van der Waals surface area (Å²) in [5, 5.41) is 2.90. The standard InChI is InChI=1S/C22H27N3O3S/c1-29-13-9-21(26)25-11-7-19(8-12-25)28-20-6-2-5-18(14-20)22(27)24-16-17-4-3-10-23-15-17/h2-6,10,14-15,19H,7-9,11-13,16H2,1H3,(H,24,27). The fraction of sp³-hybridized carbons (Fsp3) is 0.409. The van der Waals surface area contributed by atoms with E-state index in [-0.39, 0.29) is 17.9 Å². The summed E-state index contributed by atoms with van der Waals surface area (Å²) in [5.41, 5.74) is 1.52. The van der Waals surface area contributed by atoms with E-state index in [4.69, 9.17) is 4.74 Å². The highest BCUT2D eigenvalue weighted by molar-refractivity contribution is 7.98. The summed E-state index contributed by atoms with van der Waals surface area (Å²) in [6.45, 7) is 1.88. The van der Waals surface area contributed by atoms with Crippen LogP contribution in [0.3, 0.4) is 0 Å². The van der Waals surface area contributed by atoms with E-state index < -0.39 is 0 Å². The summed E-state index contributed by atoms with van der Waals surface area (Å²) in [5.74, 6) is 1.63. The van der Waals surface area contributed by atoms with Crippen LogP contribution in [0, 0.1) is 0 Å². The molecule has 7 heteroatoms. The smallest absolute Gasteiger partial charge is 0.251 e. The van der Waals surface area contributed by atoms with Crippen LogP contribution in [0.2, 0.25) is 0 Å². The largest absolute Gasteiger partial charge is 0.490 e. The van der Waals surface area contributed by atoms with Crippen LogP contribution >= 0.6 is 11.8 Å². The Labute approximate surface area is 176 Å². The topological polar surface area (TPSA) is 71.5 Å². The van der Waals surface area contributed by atoms with Gasteiger partial charge in [-0.05, 0) is 36.1 Å². The van der Waals surface area contributed by atoms with E-state index in [1.807, 2.05) is 35.4 Å². The maximum absolute atomic E-state index is 12.4. The maximum atomic E-state index is 12.4. The number of pyridine rings is 1. The van der Waals surface area contributed by atoms with Gasteiger partial charge in [-0.2, -0.15) is 11.8 Å². The third kappa shape index (κ3) is 6.49. The van der Waals surface area contributed by atoms with Crippen molar-refractivity contribution in [1.29, 1.82) is 0 Å². The highest BCUT2D eigenvalue weighted by atomic mass is 32.2. The summed E-state index contributed by atoms with van der Waals surface area (Å²) in [4.78, 5) is 30.5. The van der Waals surface area contributed by atoms with E-state index in [1.54, 1.807) is 36.3 Å². The summed E-state index contributed by atoms with van der Waals surface area (Å²) in [7, 11) is 0. The summed E-state index contributed by atoms with van der Waals surface area (Å²) in [6.07, 6.45) is 7.73. The van der Waals surface area contributed by atoms with E-state index in [1.165, 1.54) is 0 Å². The third-order valence-corrected chi connectivity index (χ3v) is 5.50. The molecule has 0 atom stereocenters. The van der Waals surface area contributed by atoms with E-state index in [0.717, 1.165) is 37.2 Å². The lowest BCUT2D eigenvalue weighted by Crippen LogP contribution is -2.41. The molecule has 0 spiro atoms. The molecule has 0 unspecified atom stereocenters. The Morgan fingerprint density at radius 1 is 1.24 bits per heavy atom. The minimum atomic E-state index is -0.145. The van der Waals surface area contributed by atoms with Crippen LogP contribution < -0.4 is 10.1 Å². The molecule has 0 bridgehead atoms. The van der Waals surface area contributed by atoms with Crippen molar-refractivity contribution in [2.24, 2.45) is 0 Å². The Bertz CT molecular complexity index is 808. The summed E-state index contributed by atoms with van der Waals surface area (Å²) in [6, 6.07) is 11.0. The number of likely N-dealkylation sites (tertiary alicyclic amines) is 1. The SMILES string of the molecule is CSCCC(=O)N1CCC(Oc2cccc(C(=O)NCc3cccnc3)c2)CC1. The number of carbonyl (C=O) groups excluding carboxylic acids is 2. The lowest BCUT2D eigenvalue weighted by Gasteiger charge is -2.32. The molecule has 29 heavy (non-hydrogen) atoms. The lowest BCUT2D eigenvalue weighted by molar-refractivity contribution is -0.132. The Balaban J connectivity index is 1.48. The Morgan fingerprint density at radius 2 is 2.07 bits per heavy atom. The maximum Gasteiger partial charge on any atom is 0.251 e. The van der Waals surface area contributed by atoms with Gasteiger partial charge in [-0.3, -0.25) is 14.6 Å². The molecular formula is C22H27N3O3S. The number of nitrogens with zero attached hydrogens (tertiary/aromatic N) is 2. The molecule has 154 valence electrons. The Kier molecular flexibility index (Phi) is 7.93. The minimum absolute atomic E-state index is 0.0632. The molecule has 1 aliphatic rings. The number of thioether (sulfide) groups is 1. The second-order valence-corrected chi connectivity index (χ2v) is 8.00. The van der Waals surface area contributed by atoms with Crippen LogP contribution in [0.15, 0.2) is 48.8 Å². The first-order valence-corrected chi connectivity index (χ1v) is 11.3. The minimum Gasteiger partial charge on any atom is -0.490 e. The van der Waals surface area contributed by atoms with Gasteiger partial charge in [-0.15, -0.1) is 0 Å². The first-order chi connectivity index (χ1) is 14.2. The number of ether oxygens (including phenoxy) is 1. The molecule has 1 aromatic carbocycles. The molecule has 1 aliphatic heterocycles. The number of aromatic nitrogens is 1. The number of piperidine rings is 1. The molecule has 0 radical (unpaired) electrons. The first-order valence-electron chi connectivity index (χ1n) is 9.86. The highest BCUT2D eigenvalue weighted by Crippen LogP contribution is 2.21. The van der Waals surface area contributed by atoms with Crippen LogP contribution in [0.5, 0.6) is 5.75 Å². The molecule has 6 nitrogen and oxygen atoms in total. The average molecular weight is 414 g/mol. The monoisotopic (exact) mass is 413 g/mol. The molecule has 1 saturated heterocycles. The highest BCUT2D eigenvalue weighted by Gasteiger charge is 2.23. The first kappa shape index (κ1) is 21.2. The van der Waals surface area contributed by atoms with Crippen molar-refractivity contribution in [2.45, 2.75) is 31.9 Å². The van der Waals surface area contributed by atoms with Crippen molar-refractivity contribution >= 4 is 23.6 Å². The van der Waals surface area contributed by atoms with Gasteiger partial charge in [0.25, 0.3) is 5.91 Å². The fourth-order valence-corrected chi connectivity index (χ4v) is 3.64. The van der Waals surface area contributed by atoms with Gasteiger partial charge >= 0.3 is 0 Å². The number of rotatable bonds is 8. The van der Waals surface area contributed by atoms with E-state index >= 15 is 0 Å². The van der Waals surface area contributed by atoms with Crippen LogP contribution in [0.25, 0.3) is 0 Å². The molecule has 2 heterocycles. The van der Waals surface area contributed by atoms with Gasteiger partial charge in [0, 0.05) is 62.6 Å². The quantitative estimate of drug-likeness (QED) is 0.720. The van der Waals surface area contributed by atoms with Crippen LogP contribution in [0.4, 0.5) is 0 Å². The van der Waals surface area contributed by atoms with Gasteiger partial charge in [0.15, 0.2) is 0 Å². The molecule has 1 aromatic heterocycles. The molecular weight excluding hydrogens is 386 g/mol. The fourth-order valence-electron chi connectivity index (χ4n) is 3.26. The van der Waals surface area contributed by atoms with Crippen LogP contribution in [-0.2, 0) is 11.3 Å². The van der Waals surface area contributed by atoms with Crippen molar-refractivity contribution in [3.8, 4) is 5.75 Å². The van der Waals surface area contributed by atoms with Crippen molar-refractivity contribution < 1.29 is 14.3 Å². The predicted molar refractivity (Wildman–Crippen MR) is 115 cm³/mol. The predicted octanol–water partition coefficient (Wildman–Crippen LogP) is 3.13. The van der Waals surface area contributed by atoms with Crippen molar-refractivity contribution in [3.63, 3.8) is 0 Å². The molecule has 2 aromatic rings. The Morgan fingerprint density at radius 3 is 2.79 bits per heavy atom. The second-order valence-electron chi connectivity index (χ2n) is 7.01. The molecule has 1 fully saturated rings. The van der Waals surface area contributed by atoms with E-state index in [9.17, 15) is 9.59 Å². The van der Waals surface area contributed by atoms with Gasteiger partial charge in [0.2, 0.25) is 5.91 Å². The van der Waals surface area contributed by atoms with Crippen LogP contribution in [0.1, 0.15) is 35.2 Å². The summed E-state index contributed by atoms with van der Waals surface area (Å²) < 4.78 is 6.09. The van der Waals surface area contributed by atoms with Gasteiger partial charge < -0.3 is 15.0 Å². The zero-order chi connectivity index (χ0) is 20.5. The second kappa shape index (κ2) is 10.9. The number of nitrogens with one attached hydrogen (secondary N) is 1. The zero-order valence-electron chi connectivity index (χ0n) is 16.7. The molecule has 0 aliphatic carbocycles. The van der Waals surface area contributed by atoms with Crippen molar-refractivity contribution in [3.05, 3.63) is 59.9 Å². The van der Waals surface area contributed by atoms with Crippen LogP contribution in [-0.4, -0.2) is 52.9 Å². The molecule has 1 N–H and O–H groups in total. The van der Waals surface area contributed by atoms with E-state index in [2.05, 4.69) is 10.3 Å². The normalized spacial score (nSPS) is 14.4. The number of hydrogen-bond acceptors (Lipinski definition) is 5. The number of hydrogen-bond donors (Lipinski definition) is 1. The Hall–Kier alpha value is -2.54. The van der Waals surface area contributed by atoms with Crippen molar-refractivity contribution in [1.82, 2.24) is 15.2 Å². The number of carbonyl (C=O) groups is 2. The van der Waals surface area contributed by atoms with Gasteiger partial charge in [-0.25, -0.2) is 0 Å². The van der Waals surface area contributed by atoms with E-state index in [0.29, 0.717) is 24.3 Å². The lowest BCUT2D eigenvalue weighted by atomic mass is 10.1. The van der Waals surface area contributed by atoms with Crippen molar-refractivity contribution in [2.75, 3.05) is 25.1 Å². The zero-order valence-corrected chi connectivity index (χ0v) is 17.5.